The Bertz CT molecular complexity index is 740. The Hall–Kier alpha value is -2.11. The van der Waals surface area contributed by atoms with Crippen LogP contribution in [0.4, 0.5) is 9.18 Å². The maximum absolute atomic E-state index is 13.6. The van der Waals surface area contributed by atoms with Gasteiger partial charge >= 0.3 is 6.09 Å². The number of β-amino-alcohol motifs (C(OH)–C–C–N with tert-alkyl or cyclic N) is 1. The first-order valence-corrected chi connectivity index (χ1v) is 7.99. The topological polar surface area (TPSA) is 49.8 Å². The van der Waals surface area contributed by atoms with E-state index in [1.54, 1.807) is 6.07 Å². The van der Waals surface area contributed by atoms with E-state index in [0.717, 1.165) is 5.56 Å². The number of halogens is 2. The minimum atomic E-state index is -1.29. The van der Waals surface area contributed by atoms with E-state index in [9.17, 15) is 14.3 Å². The third-order valence-electron chi connectivity index (χ3n) is 4.17. The molecule has 0 aliphatic carbocycles. The van der Waals surface area contributed by atoms with E-state index in [0.29, 0.717) is 18.5 Å². The van der Waals surface area contributed by atoms with Crippen LogP contribution < -0.4 is 0 Å². The van der Waals surface area contributed by atoms with Gasteiger partial charge in [0.2, 0.25) is 0 Å². The fourth-order valence-electron chi connectivity index (χ4n) is 2.78. The Balaban J connectivity index is 1.63. The zero-order valence-electron chi connectivity index (χ0n) is 12.9. The number of likely N-dealkylation sites (tertiary alicyclic amines) is 1. The number of hydrogen-bond donors (Lipinski definition) is 1. The Morgan fingerprint density at radius 1 is 1.29 bits per heavy atom. The number of carbonyl (C=O) groups excluding carboxylic acids is 1. The number of rotatable bonds is 3. The molecule has 1 N–H and O–H groups in total. The summed E-state index contributed by atoms with van der Waals surface area (Å²) in [6, 6.07) is 13.5. The standard InChI is InChI=1S/C18H17ClFNO3/c19-15-7-6-14(10-16(15)20)18(23)8-9-21(12-18)17(22)24-11-13-4-2-1-3-5-13/h1-7,10,23H,8-9,11-12H2. The van der Waals surface area contributed by atoms with E-state index in [4.69, 9.17) is 16.3 Å². The van der Waals surface area contributed by atoms with Gasteiger partial charge in [-0.05, 0) is 29.7 Å². The maximum atomic E-state index is 13.6. The van der Waals surface area contributed by atoms with Gasteiger partial charge in [-0.15, -0.1) is 0 Å². The molecule has 1 aliphatic rings. The molecule has 1 heterocycles. The van der Waals surface area contributed by atoms with Crippen molar-refractivity contribution in [3.05, 3.63) is 70.5 Å². The minimum absolute atomic E-state index is 0.000487. The van der Waals surface area contributed by atoms with E-state index in [-0.39, 0.29) is 18.2 Å². The van der Waals surface area contributed by atoms with Crippen LogP contribution in [0.1, 0.15) is 17.5 Å². The highest BCUT2D eigenvalue weighted by Gasteiger charge is 2.40. The van der Waals surface area contributed by atoms with Gasteiger partial charge in [-0.1, -0.05) is 48.0 Å². The Morgan fingerprint density at radius 2 is 2.04 bits per heavy atom. The van der Waals surface area contributed by atoms with Gasteiger partial charge in [0.15, 0.2) is 0 Å². The molecule has 1 aliphatic heterocycles. The number of amides is 1. The summed E-state index contributed by atoms with van der Waals surface area (Å²) in [7, 11) is 0. The molecule has 1 fully saturated rings. The molecule has 2 aromatic rings. The van der Waals surface area contributed by atoms with Gasteiger partial charge in [0.05, 0.1) is 11.6 Å². The predicted molar refractivity (Wildman–Crippen MR) is 88.1 cm³/mol. The van der Waals surface area contributed by atoms with E-state index in [1.807, 2.05) is 30.3 Å². The maximum Gasteiger partial charge on any atom is 0.410 e. The molecular weight excluding hydrogens is 333 g/mol. The molecule has 1 unspecified atom stereocenters. The molecule has 1 atom stereocenters. The van der Waals surface area contributed by atoms with Gasteiger partial charge in [0.25, 0.3) is 0 Å². The number of aliphatic hydroxyl groups is 1. The van der Waals surface area contributed by atoms with Crippen molar-refractivity contribution in [3.63, 3.8) is 0 Å². The van der Waals surface area contributed by atoms with Crippen molar-refractivity contribution < 1.29 is 19.0 Å². The van der Waals surface area contributed by atoms with E-state index < -0.39 is 17.5 Å². The summed E-state index contributed by atoms with van der Waals surface area (Å²) >= 11 is 5.67. The van der Waals surface area contributed by atoms with Crippen LogP contribution >= 0.6 is 11.6 Å². The summed E-state index contributed by atoms with van der Waals surface area (Å²) < 4.78 is 18.9. The van der Waals surface area contributed by atoms with Crippen molar-refractivity contribution in [1.82, 2.24) is 4.90 Å². The molecule has 4 nitrogen and oxygen atoms in total. The van der Waals surface area contributed by atoms with Crippen molar-refractivity contribution in [1.29, 1.82) is 0 Å². The zero-order chi connectivity index (χ0) is 17.2. The number of ether oxygens (including phenoxy) is 1. The Morgan fingerprint density at radius 3 is 2.75 bits per heavy atom. The van der Waals surface area contributed by atoms with Crippen LogP contribution in [-0.2, 0) is 16.9 Å². The van der Waals surface area contributed by atoms with Crippen molar-refractivity contribution in [2.24, 2.45) is 0 Å². The SMILES string of the molecule is O=C(OCc1ccccc1)N1CCC(O)(c2ccc(Cl)c(F)c2)C1. The summed E-state index contributed by atoms with van der Waals surface area (Å²) in [5.74, 6) is -0.590. The minimum Gasteiger partial charge on any atom is -0.445 e. The van der Waals surface area contributed by atoms with Crippen molar-refractivity contribution in [2.75, 3.05) is 13.1 Å². The first-order valence-electron chi connectivity index (χ1n) is 7.61. The smallest absolute Gasteiger partial charge is 0.410 e. The third-order valence-corrected chi connectivity index (χ3v) is 4.47. The summed E-state index contributed by atoms with van der Waals surface area (Å²) in [6.07, 6.45) is -0.182. The van der Waals surface area contributed by atoms with Crippen LogP contribution in [0.2, 0.25) is 5.02 Å². The number of nitrogens with zero attached hydrogens (tertiary/aromatic N) is 1. The molecular formula is C18H17ClFNO3. The average molecular weight is 350 g/mol. The number of hydrogen-bond acceptors (Lipinski definition) is 3. The molecule has 1 saturated heterocycles. The molecule has 6 heteroatoms. The lowest BCUT2D eigenvalue weighted by atomic mass is 9.93. The van der Waals surface area contributed by atoms with E-state index in [1.165, 1.54) is 17.0 Å². The summed E-state index contributed by atoms with van der Waals surface area (Å²) in [5.41, 5.74) is -0.000152. The molecule has 0 saturated carbocycles. The van der Waals surface area contributed by atoms with Crippen LogP contribution in [-0.4, -0.2) is 29.2 Å². The lowest BCUT2D eigenvalue weighted by molar-refractivity contribution is 0.0405. The van der Waals surface area contributed by atoms with Gasteiger partial charge < -0.3 is 14.7 Å². The molecule has 2 aromatic carbocycles. The second-order valence-corrected chi connectivity index (χ2v) is 6.28. The van der Waals surface area contributed by atoms with Crippen LogP contribution in [0.15, 0.2) is 48.5 Å². The van der Waals surface area contributed by atoms with Gasteiger partial charge in [0, 0.05) is 6.54 Å². The Kier molecular flexibility index (Phi) is 4.73. The largest absolute Gasteiger partial charge is 0.445 e. The Labute approximate surface area is 144 Å². The first kappa shape index (κ1) is 16.7. The molecule has 0 spiro atoms. The second kappa shape index (κ2) is 6.79. The van der Waals surface area contributed by atoms with Gasteiger partial charge in [-0.25, -0.2) is 9.18 Å². The van der Waals surface area contributed by atoms with Gasteiger partial charge in [0.1, 0.15) is 18.0 Å². The number of carbonyl (C=O) groups is 1. The normalized spacial score (nSPS) is 20.2. The molecule has 1 amide bonds. The quantitative estimate of drug-likeness (QED) is 0.919. The number of benzene rings is 2. The van der Waals surface area contributed by atoms with E-state index >= 15 is 0 Å². The fraction of sp³-hybridized carbons (Fsp3) is 0.278. The third kappa shape index (κ3) is 3.52. The van der Waals surface area contributed by atoms with Crippen LogP contribution in [0, 0.1) is 5.82 Å². The highest BCUT2D eigenvalue weighted by molar-refractivity contribution is 6.30. The van der Waals surface area contributed by atoms with E-state index in [2.05, 4.69) is 0 Å². The highest BCUT2D eigenvalue weighted by atomic mass is 35.5. The monoisotopic (exact) mass is 349 g/mol. The first-order chi connectivity index (χ1) is 11.5. The molecule has 0 aromatic heterocycles. The van der Waals surface area contributed by atoms with Crippen molar-refractivity contribution in [2.45, 2.75) is 18.6 Å². The molecule has 3 rings (SSSR count). The predicted octanol–water partition coefficient (Wildman–Crippen LogP) is 3.71. The molecule has 0 bridgehead atoms. The molecule has 126 valence electrons. The fourth-order valence-corrected chi connectivity index (χ4v) is 2.90. The second-order valence-electron chi connectivity index (χ2n) is 5.87. The highest BCUT2D eigenvalue weighted by Crippen LogP contribution is 2.33. The lowest BCUT2D eigenvalue weighted by Gasteiger charge is -2.24. The summed E-state index contributed by atoms with van der Waals surface area (Å²) in [4.78, 5) is 13.6. The average Bonchev–Trinajstić information content (AvgIpc) is 3.00. The van der Waals surface area contributed by atoms with Crippen LogP contribution in [0.5, 0.6) is 0 Å². The lowest BCUT2D eigenvalue weighted by Crippen LogP contribution is -2.34. The van der Waals surface area contributed by atoms with Gasteiger partial charge in [-0.2, -0.15) is 0 Å². The van der Waals surface area contributed by atoms with Gasteiger partial charge in [-0.3, -0.25) is 0 Å². The zero-order valence-corrected chi connectivity index (χ0v) is 13.7. The van der Waals surface area contributed by atoms with Crippen LogP contribution in [0.25, 0.3) is 0 Å². The van der Waals surface area contributed by atoms with Crippen molar-refractivity contribution in [3.8, 4) is 0 Å². The summed E-state index contributed by atoms with van der Waals surface area (Å²) in [5, 5.41) is 10.7. The molecule has 0 radical (unpaired) electrons. The van der Waals surface area contributed by atoms with Crippen LogP contribution in [0.3, 0.4) is 0 Å². The molecule has 24 heavy (non-hydrogen) atoms. The summed E-state index contributed by atoms with van der Waals surface area (Å²) in [6.45, 7) is 0.570. The van der Waals surface area contributed by atoms with Crippen molar-refractivity contribution >= 4 is 17.7 Å².